The fourth-order valence-corrected chi connectivity index (χ4v) is 5.23. The molecule has 2 aromatic heterocycles. The van der Waals surface area contributed by atoms with E-state index in [-0.39, 0.29) is 11.8 Å². The lowest BCUT2D eigenvalue weighted by atomic mass is 9.97. The molecular weight excluding hydrogens is 434 g/mol. The highest BCUT2D eigenvalue weighted by atomic mass is 32.2. The molecule has 1 fully saturated rings. The van der Waals surface area contributed by atoms with Crippen molar-refractivity contribution in [3.8, 4) is 5.69 Å². The lowest BCUT2D eigenvalue weighted by Crippen LogP contribution is -2.39. The number of carbonyl (C=O) groups is 1. The van der Waals surface area contributed by atoms with Gasteiger partial charge in [0, 0.05) is 19.0 Å². The average molecular weight is 462 g/mol. The van der Waals surface area contributed by atoms with E-state index in [1.807, 2.05) is 40.7 Å². The Hall–Kier alpha value is -3.13. The van der Waals surface area contributed by atoms with Crippen molar-refractivity contribution in [2.75, 3.05) is 18.8 Å². The number of hydrogen-bond donors (Lipinski definition) is 0. The number of aryl methyl sites for hydroxylation is 3. The summed E-state index contributed by atoms with van der Waals surface area (Å²) in [4.78, 5) is 19.5. The number of para-hydroxylation sites is 2. The number of likely N-dealkylation sites (tertiary alicyclic amines) is 1. The van der Waals surface area contributed by atoms with Crippen molar-refractivity contribution in [2.45, 2.75) is 44.7 Å². The van der Waals surface area contributed by atoms with E-state index in [2.05, 4.69) is 47.2 Å². The van der Waals surface area contributed by atoms with Gasteiger partial charge < -0.3 is 9.32 Å². The predicted octanol–water partition coefficient (Wildman–Crippen LogP) is 4.83. The van der Waals surface area contributed by atoms with Gasteiger partial charge in [0.1, 0.15) is 11.3 Å². The van der Waals surface area contributed by atoms with Crippen LogP contribution in [0.4, 0.5) is 0 Å². The first kappa shape index (κ1) is 21.7. The molecule has 3 heterocycles. The summed E-state index contributed by atoms with van der Waals surface area (Å²) in [6, 6.07) is 14.2. The highest BCUT2D eigenvalue weighted by molar-refractivity contribution is 7.99. The summed E-state index contributed by atoms with van der Waals surface area (Å²) in [5.41, 5.74) is 5.11. The van der Waals surface area contributed by atoms with E-state index in [0.717, 1.165) is 52.1 Å². The number of rotatable bonds is 5. The van der Waals surface area contributed by atoms with Crippen LogP contribution < -0.4 is 0 Å². The maximum absolute atomic E-state index is 12.9. The molecule has 4 aromatic rings. The molecule has 0 radical (unpaired) electrons. The van der Waals surface area contributed by atoms with E-state index in [1.165, 1.54) is 17.3 Å². The maximum Gasteiger partial charge on any atom is 0.233 e. The maximum atomic E-state index is 12.9. The number of amides is 1. The van der Waals surface area contributed by atoms with E-state index in [9.17, 15) is 4.79 Å². The van der Waals surface area contributed by atoms with Gasteiger partial charge in [-0.25, -0.2) is 4.98 Å². The second-order valence-electron chi connectivity index (χ2n) is 8.62. The first-order valence-electron chi connectivity index (χ1n) is 11.3. The number of nitrogens with zero attached hydrogens (tertiary/aromatic N) is 5. The Morgan fingerprint density at radius 2 is 1.88 bits per heavy atom. The van der Waals surface area contributed by atoms with Gasteiger partial charge in [-0.2, -0.15) is 0 Å². The van der Waals surface area contributed by atoms with Gasteiger partial charge in [-0.05, 0) is 62.9 Å². The van der Waals surface area contributed by atoms with Crippen LogP contribution in [0.1, 0.15) is 41.6 Å². The van der Waals surface area contributed by atoms with E-state index in [4.69, 9.17) is 4.42 Å². The molecule has 1 aliphatic rings. The molecule has 0 unspecified atom stereocenters. The summed E-state index contributed by atoms with van der Waals surface area (Å²) < 4.78 is 7.99. The number of benzene rings is 2. The highest BCUT2D eigenvalue weighted by Gasteiger charge is 2.27. The van der Waals surface area contributed by atoms with Crippen LogP contribution in [0.2, 0.25) is 0 Å². The van der Waals surface area contributed by atoms with Gasteiger partial charge in [0.2, 0.25) is 5.91 Å². The molecule has 0 aliphatic carbocycles. The lowest BCUT2D eigenvalue weighted by molar-refractivity contribution is -0.129. The molecule has 0 N–H and O–H groups in total. The summed E-state index contributed by atoms with van der Waals surface area (Å²) >= 11 is 1.45. The van der Waals surface area contributed by atoms with Gasteiger partial charge in [0.05, 0.1) is 11.4 Å². The van der Waals surface area contributed by atoms with Crippen molar-refractivity contribution in [3.63, 3.8) is 0 Å². The van der Waals surface area contributed by atoms with Crippen molar-refractivity contribution in [2.24, 2.45) is 0 Å². The predicted molar refractivity (Wildman–Crippen MR) is 129 cm³/mol. The van der Waals surface area contributed by atoms with Gasteiger partial charge in [0.25, 0.3) is 0 Å². The number of hydrogen-bond acceptors (Lipinski definition) is 6. The van der Waals surface area contributed by atoms with E-state index in [1.54, 1.807) is 0 Å². The number of thioether (sulfide) groups is 1. The zero-order valence-electron chi connectivity index (χ0n) is 19.1. The molecule has 0 atom stereocenters. The number of oxazole rings is 1. The average Bonchev–Trinajstić information content (AvgIpc) is 3.42. The molecule has 5 rings (SSSR count). The van der Waals surface area contributed by atoms with Crippen LogP contribution in [-0.2, 0) is 4.79 Å². The molecule has 1 amide bonds. The van der Waals surface area contributed by atoms with Crippen LogP contribution in [-0.4, -0.2) is 49.4 Å². The highest BCUT2D eigenvalue weighted by Crippen LogP contribution is 2.31. The lowest BCUT2D eigenvalue weighted by Gasteiger charge is -2.30. The van der Waals surface area contributed by atoms with E-state index in [0.29, 0.717) is 18.8 Å². The van der Waals surface area contributed by atoms with Crippen LogP contribution in [0, 0.1) is 20.8 Å². The molecular formula is C25H27N5O2S. The van der Waals surface area contributed by atoms with Gasteiger partial charge >= 0.3 is 0 Å². The van der Waals surface area contributed by atoms with Gasteiger partial charge in [-0.3, -0.25) is 9.36 Å². The minimum absolute atomic E-state index is 0.129. The topological polar surface area (TPSA) is 77.1 Å². The Kier molecular flexibility index (Phi) is 5.93. The van der Waals surface area contributed by atoms with E-state index < -0.39 is 0 Å². The Balaban J connectivity index is 1.22. The molecule has 0 bridgehead atoms. The monoisotopic (exact) mass is 461 g/mol. The fraction of sp³-hybridized carbons (Fsp3) is 0.360. The molecule has 170 valence electrons. The second kappa shape index (κ2) is 9.02. The Bertz CT molecular complexity index is 1270. The smallest absolute Gasteiger partial charge is 0.233 e. The molecule has 2 aromatic carbocycles. The Morgan fingerprint density at radius 1 is 1.09 bits per heavy atom. The van der Waals surface area contributed by atoms with Crippen LogP contribution >= 0.6 is 11.8 Å². The Morgan fingerprint density at radius 3 is 2.67 bits per heavy atom. The van der Waals surface area contributed by atoms with Crippen molar-refractivity contribution < 1.29 is 9.21 Å². The SMILES string of the molecule is Cc1ccc(C)c(-n2c(C)nnc2SCC(=O)N2CCC(c3nc4ccccc4o3)CC2)c1. The van der Waals surface area contributed by atoms with Crippen LogP contribution in [0.3, 0.4) is 0 Å². The van der Waals surface area contributed by atoms with Crippen molar-refractivity contribution in [1.29, 1.82) is 0 Å². The Labute approximate surface area is 197 Å². The third-order valence-corrected chi connectivity index (χ3v) is 7.15. The number of fused-ring (bicyclic) bond motifs is 1. The third-order valence-electron chi connectivity index (χ3n) is 6.23. The molecule has 0 saturated carbocycles. The molecule has 1 aliphatic heterocycles. The number of aromatic nitrogens is 4. The van der Waals surface area contributed by atoms with Crippen LogP contribution in [0.5, 0.6) is 0 Å². The van der Waals surface area contributed by atoms with Crippen LogP contribution in [0.25, 0.3) is 16.8 Å². The minimum Gasteiger partial charge on any atom is -0.440 e. The first-order valence-corrected chi connectivity index (χ1v) is 12.2. The number of piperidine rings is 1. The minimum atomic E-state index is 0.129. The van der Waals surface area contributed by atoms with Crippen LogP contribution in [0.15, 0.2) is 52.0 Å². The summed E-state index contributed by atoms with van der Waals surface area (Å²) in [6.07, 6.45) is 1.72. The molecule has 33 heavy (non-hydrogen) atoms. The number of carbonyl (C=O) groups excluding carboxylic acids is 1. The van der Waals surface area contributed by atoms with Crippen molar-refractivity contribution >= 4 is 28.8 Å². The molecule has 1 saturated heterocycles. The van der Waals surface area contributed by atoms with Crippen molar-refractivity contribution in [1.82, 2.24) is 24.6 Å². The quantitative estimate of drug-likeness (QED) is 0.396. The fourth-order valence-electron chi connectivity index (χ4n) is 4.33. The molecule has 0 spiro atoms. The van der Waals surface area contributed by atoms with Crippen molar-refractivity contribution in [3.05, 3.63) is 65.3 Å². The standard InChI is InChI=1S/C25H27N5O2S/c1-16-8-9-17(2)21(14-16)30-18(3)27-28-25(30)33-15-23(31)29-12-10-19(11-13-29)24-26-20-6-4-5-7-22(20)32-24/h4-9,14,19H,10-13,15H2,1-3H3. The zero-order chi connectivity index (χ0) is 22.9. The van der Waals surface area contributed by atoms with Gasteiger partial charge in [-0.15, -0.1) is 10.2 Å². The summed E-state index contributed by atoms with van der Waals surface area (Å²) in [7, 11) is 0. The van der Waals surface area contributed by atoms with Gasteiger partial charge in [-0.1, -0.05) is 36.0 Å². The van der Waals surface area contributed by atoms with Gasteiger partial charge in [0.15, 0.2) is 16.6 Å². The second-order valence-corrected chi connectivity index (χ2v) is 9.56. The summed E-state index contributed by atoms with van der Waals surface area (Å²) in [6.45, 7) is 7.52. The normalized spacial score (nSPS) is 14.8. The largest absolute Gasteiger partial charge is 0.440 e. The summed E-state index contributed by atoms with van der Waals surface area (Å²) in [5.74, 6) is 2.33. The molecule has 7 nitrogen and oxygen atoms in total. The summed E-state index contributed by atoms with van der Waals surface area (Å²) in [5, 5.41) is 9.35. The third kappa shape index (κ3) is 4.39. The van der Waals surface area contributed by atoms with E-state index >= 15 is 0 Å². The molecule has 8 heteroatoms. The zero-order valence-corrected chi connectivity index (χ0v) is 19.9. The first-order chi connectivity index (χ1) is 16.0.